The van der Waals surface area contributed by atoms with E-state index in [9.17, 15) is 9.90 Å². The maximum atomic E-state index is 12.5. The molecule has 0 amide bonds. The summed E-state index contributed by atoms with van der Waals surface area (Å²) in [6.07, 6.45) is 13.0. The number of carbonyl (C=O) groups excluding carboxylic acids is 1. The molecule has 1 N–H and O–H groups in total. The Morgan fingerprint density at radius 1 is 1.03 bits per heavy atom. The number of aromatic hydroxyl groups is 1. The number of allylic oxidation sites excluding steroid dienone is 1. The monoisotopic (exact) mass is 422 g/mol. The normalized spacial score (nSPS) is 11.9. The van der Waals surface area contributed by atoms with E-state index in [2.05, 4.69) is 6.58 Å². The molecule has 2 aromatic rings. The zero-order valence-corrected chi connectivity index (χ0v) is 18.5. The number of esters is 1. The van der Waals surface area contributed by atoms with Gasteiger partial charge in [-0.15, -0.1) is 6.58 Å². The summed E-state index contributed by atoms with van der Waals surface area (Å²) in [4.78, 5) is 12.5. The van der Waals surface area contributed by atoms with Gasteiger partial charge in [0.2, 0.25) is 0 Å². The molecular formula is C27H34O4. The van der Waals surface area contributed by atoms with Crippen molar-refractivity contribution in [2.45, 2.75) is 57.5 Å². The number of phenolic OH excluding ortho intramolecular Hbond substituents is 1. The van der Waals surface area contributed by atoms with Gasteiger partial charge in [-0.25, -0.2) is 0 Å². The summed E-state index contributed by atoms with van der Waals surface area (Å²) in [6, 6.07) is 14.8. The summed E-state index contributed by atoms with van der Waals surface area (Å²) in [5.41, 5.74) is 1.52. The second-order valence-electron chi connectivity index (χ2n) is 7.55. The van der Waals surface area contributed by atoms with Crippen LogP contribution < -0.4 is 4.74 Å². The molecular weight excluding hydrogens is 388 g/mol. The number of rotatable bonds is 14. The number of hydrogen-bond acceptors (Lipinski definition) is 4. The van der Waals surface area contributed by atoms with Gasteiger partial charge in [0.05, 0.1) is 7.11 Å². The number of phenols is 1. The lowest BCUT2D eigenvalue weighted by Gasteiger charge is -2.17. The third-order valence-electron chi connectivity index (χ3n) is 5.10. The average Bonchev–Trinajstić information content (AvgIpc) is 2.79. The van der Waals surface area contributed by atoms with Crippen molar-refractivity contribution < 1.29 is 19.4 Å². The van der Waals surface area contributed by atoms with Crippen molar-refractivity contribution in [2.75, 3.05) is 7.11 Å². The van der Waals surface area contributed by atoms with Gasteiger partial charge in [-0.05, 0) is 43.0 Å². The van der Waals surface area contributed by atoms with Crippen LogP contribution in [0.15, 0.2) is 67.3 Å². The first-order valence-corrected chi connectivity index (χ1v) is 11.0. The highest BCUT2D eigenvalue weighted by atomic mass is 16.5. The number of ether oxygens (including phenoxy) is 2. The maximum Gasteiger partial charge on any atom is 0.306 e. The van der Waals surface area contributed by atoms with E-state index in [1.54, 1.807) is 25.3 Å². The number of hydrogen-bond donors (Lipinski definition) is 1. The van der Waals surface area contributed by atoms with Gasteiger partial charge >= 0.3 is 5.97 Å². The van der Waals surface area contributed by atoms with Gasteiger partial charge in [0, 0.05) is 18.1 Å². The van der Waals surface area contributed by atoms with Crippen molar-refractivity contribution >= 4 is 12.0 Å². The van der Waals surface area contributed by atoms with Crippen LogP contribution in [0.5, 0.6) is 11.5 Å². The molecule has 1 unspecified atom stereocenters. The third-order valence-corrected chi connectivity index (χ3v) is 5.10. The molecule has 0 bridgehead atoms. The van der Waals surface area contributed by atoms with E-state index in [1.807, 2.05) is 42.5 Å². The molecule has 2 rings (SSSR count). The fourth-order valence-electron chi connectivity index (χ4n) is 3.33. The Hall–Kier alpha value is -3.01. The molecule has 4 heteroatoms. The Kier molecular flexibility index (Phi) is 11.0. The van der Waals surface area contributed by atoms with Gasteiger partial charge in [-0.1, -0.05) is 68.2 Å². The first-order chi connectivity index (χ1) is 15.1. The molecule has 0 heterocycles. The largest absolute Gasteiger partial charge is 0.507 e. The van der Waals surface area contributed by atoms with Crippen molar-refractivity contribution in [3.8, 4) is 11.5 Å². The number of unbranched alkanes of at least 4 members (excludes halogenated alkanes) is 6. The first kappa shape index (κ1) is 24.3. The quantitative estimate of drug-likeness (QED) is 0.202. The lowest BCUT2D eigenvalue weighted by Crippen LogP contribution is -2.10. The summed E-state index contributed by atoms with van der Waals surface area (Å²) in [5, 5.41) is 10.4. The molecule has 166 valence electrons. The molecule has 0 aliphatic heterocycles. The van der Waals surface area contributed by atoms with Gasteiger partial charge < -0.3 is 14.6 Å². The van der Waals surface area contributed by atoms with Crippen LogP contribution in [0.25, 0.3) is 6.08 Å². The molecule has 0 radical (unpaired) electrons. The molecule has 0 aromatic heterocycles. The Morgan fingerprint density at radius 2 is 1.74 bits per heavy atom. The van der Waals surface area contributed by atoms with Crippen LogP contribution in [0.2, 0.25) is 0 Å². The lowest BCUT2D eigenvalue weighted by atomic mass is 10.1. The minimum absolute atomic E-state index is 0.0365. The zero-order valence-electron chi connectivity index (χ0n) is 18.5. The highest BCUT2D eigenvalue weighted by molar-refractivity contribution is 5.70. The summed E-state index contributed by atoms with van der Waals surface area (Å²) < 4.78 is 10.9. The minimum Gasteiger partial charge on any atom is -0.507 e. The van der Waals surface area contributed by atoms with E-state index < -0.39 is 6.10 Å². The zero-order chi connectivity index (χ0) is 22.3. The van der Waals surface area contributed by atoms with E-state index in [0.29, 0.717) is 17.7 Å². The van der Waals surface area contributed by atoms with Crippen LogP contribution in [0, 0.1) is 0 Å². The van der Waals surface area contributed by atoms with Gasteiger partial charge in [0.15, 0.2) is 0 Å². The Morgan fingerprint density at radius 3 is 2.42 bits per heavy atom. The standard InChI is InChI=1S/C27H34O4/c1-3-4-5-6-7-8-9-13-16-27(29)31-26(20-17-22-14-11-10-12-15-22)24-19-18-23(30-2)21-25(24)28/h3,10-12,14-15,17-21,26,28H,1,4-9,13,16H2,2H3/b20-17+. The van der Waals surface area contributed by atoms with E-state index >= 15 is 0 Å². The summed E-state index contributed by atoms with van der Waals surface area (Å²) >= 11 is 0. The molecule has 0 aliphatic carbocycles. The summed E-state index contributed by atoms with van der Waals surface area (Å²) in [7, 11) is 1.54. The lowest BCUT2D eigenvalue weighted by molar-refractivity contribution is -0.147. The second-order valence-corrected chi connectivity index (χ2v) is 7.55. The molecule has 2 aromatic carbocycles. The third kappa shape index (κ3) is 9.12. The van der Waals surface area contributed by atoms with Crippen LogP contribution >= 0.6 is 0 Å². The van der Waals surface area contributed by atoms with Gasteiger partial charge in [0.1, 0.15) is 17.6 Å². The second kappa shape index (κ2) is 14.1. The summed E-state index contributed by atoms with van der Waals surface area (Å²) in [6.45, 7) is 3.74. The van der Waals surface area contributed by atoms with E-state index in [4.69, 9.17) is 9.47 Å². The van der Waals surface area contributed by atoms with Crippen LogP contribution in [-0.2, 0) is 9.53 Å². The maximum absolute atomic E-state index is 12.5. The molecule has 4 nitrogen and oxygen atoms in total. The number of carbonyl (C=O) groups is 1. The smallest absolute Gasteiger partial charge is 0.306 e. The van der Waals surface area contributed by atoms with Crippen molar-refractivity contribution in [2.24, 2.45) is 0 Å². The number of methoxy groups -OCH3 is 1. The topological polar surface area (TPSA) is 55.8 Å². The van der Waals surface area contributed by atoms with Crippen molar-refractivity contribution in [1.82, 2.24) is 0 Å². The van der Waals surface area contributed by atoms with Crippen molar-refractivity contribution in [3.63, 3.8) is 0 Å². The van der Waals surface area contributed by atoms with Crippen molar-refractivity contribution in [1.29, 1.82) is 0 Å². The molecule has 31 heavy (non-hydrogen) atoms. The van der Waals surface area contributed by atoms with Gasteiger partial charge in [0.25, 0.3) is 0 Å². The molecule has 0 spiro atoms. The highest BCUT2D eigenvalue weighted by Gasteiger charge is 2.18. The average molecular weight is 423 g/mol. The highest BCUT2D eigenvalue weighted by Crippen LogP contribution is 2.32. The van der Waals surface area contributed by atoms with Gasteiger partial charge in [-0.3, -0.25) is 4.79 Å². The van der Waals surface area contributed by atoms with Crippen LogP contribution in [0.3, 0.4) is 0 Å². The summed E-state index contributed by atoms with van der Waals surface area (Å²) in [5.74, 6) is 0.324. The van der Waals surface area contributed by atoms with Crippen molar-refractivity contribution in [3.05, 3.63) is 78.4 Å². The molecule has 0 saturated heterocycles. The molecule has 0 fully saturated rings. The molecule has 0 aliphatic rings. The first-order valence-electron chi connectivity index (χ1n) is 11.0. The van der Waals surface area contributed by atoms with Gasteiger partial charge in [-0.2, -0.15) is 0 Å². The fraction of sp³-hybridized carbons (Fsp3) is 0.370. The predicted molar refractivity (Wildman–Crippen MR) is 126 cm³/mol. The molecule has 0 saturated carbocycles. The van der Waals surface area contributed by atoms with E-state index in [-0.39, 0.29) is 11.7 Å². The van der Waals surface area contributed by atoms with Crippen LogP contribution in [0.4, 0.5) is 0 Å². The Balaban J connectivity index is 1.95. The predicted octanol–water partition coefficient (Wildman–Crippen LogP) is 7.01. The fourth-order valence-corrected chi connectivity index (χ4v) is 3.33. The molecule has 1 atom stereocenters. The SMILES string of the molecule is C=CCCCCCCCCC(=O)OC(/C=C/c1ccccc1)c1ccc(OC)cc1O. The minimum atomic E-state index is -0.669. The number of benzene rings is 2. The van der Waals surface area contributed by atoms with Crippen LogP contribution in [-0.4, -0.2) is 18.2 Å². The van der Waals surface area contributed by atoms with Crippen LogP contribution in [0.1, 0.15) is 68.6 Å². The van der Waals surface area contributed by atoms with E-state index in [1.165, 1.54) is 25.3 Å². The Labute approximate surface area is 186 Å². The Bertz CT molecular complexity index is 826. The van der Waals surface area contributed by atoms with E-state index in [0.717, 1.165) is 31.2 Å².